The SMILES string of the molecule is O=C1C[C@H]2CC[C@H](CN1)N2CC(=O)N1CCCCCC1. The number of carbonyl (C=O) groups is 2. The molecule has 112 valence electrons. The fraction of sp³-hybridized carbons (Fsp3) is 0.867. The molecule has 2 bridgehead atoms. The minimum Gasteiger partial charge on any atom is -0.354 e. The fourth-order valence-electron chi connectivity index (χ4n) is 3.81. The summed E-state index contributed by atoms with van der Waals surface area (Å²) in [5.41, 5.74) is 0. The average Bonchev–Trinajstić information content (AvgIpc) is 2.61. The van der Waals surface area contributed by atoms with Gasteiger partial charge in [-0.05, 0) is 25.7 Å². The fourth-order valence-corrected chi connectivity index (χ4v) is 3.81. The van der Waals surface area contributed by atoms with Crippen molar-refractivity contribution < 1.29 is 9.59 Å². The summed E-state index contributed by atoms with van der Waals surface area (Å²) in [5, 5.41) is 2.96. The average molecular weight is 279 g/mol. The van der Waals surface area contributed by atoms with E-state index in [9.17, 15) is 9.59 Å². The molecule has 0 spiro atoms. The van der Waals surface area contributed by atoms with Gasteiger partial charge in [0.1, 0.15) is 0 Å². The number of rotatable bonds is 2. The molecule has 0 saturated carbocycles. The lowest BCUT2D eigenvalue weighted by Gasteiger charge is -2.29. The van der Waals surface area contributed by atoms with Crippen LogP contribution in [0.3, 0.4) is 0 Å². The van der Waals surface area contributed by atoms with Crippen molar-refractivity contribution in [1.82, 2.24) is 15.1 Å². The Morgan fingerprint density at radius 2 is 1.80 bits per heavy atom. The second-order valence-corrected chi connectivity index (χ2v) is 6.36. The van der Waals surface area contributed by atoms with Crippen LogP contribution in [0, 0.1) is 0 Å². The van der Waals surface area contributed by atoms with Crippen LogP contribution in [0.4, 0.5) is 0 Å². The first-order chi connectivity index (χ1) is 9.74. The highest BCUT2D eigenvalue weighted by atomic mass is 16.2. The summed E-state index contributed by atoms with van der Waals surface area (Å²) in [4.78, 5) is 28.4. The molecular weight excluding hydrogens is 254 g/mol. The van der Waals surface area contributed by atoms with Gasteiger partial charge in [0.2, 0.25) is 11.8 Å². The summed E-state index contributed by atoms with van der Waals surface area (Å²) >= 11 is 0. The topological polar surface area (TPSA) is 52.7 Å². The van der Waals surface area contributed by atoms with E-state index in [1.54, 1.807) is 0 Å². The van der Waals surface area contributed by atoms with Crippen LogP contribution < -0.4 is 5.32 Å². The molecule has 5 heteroatoms. The van der Waals surface area contributed by atoms with E-state index in [0.29, 0.717) is 25.6 Å². The van der Waals surface area contributed by atoms with Gasteiger partial charge >= 0.3 is 0 Å². The van der Waals surface area contributed by atoms with E-state index in [0.717, 1.165) is 38.8 Å². The van der Waals surface area contributed by atoms with E-state index < -0.39 is 0 Å². The normalized spacial score (nSPS) is 31.6. The summed E-state index contributed by atoms with van der Waals surface area (Å²) in [6.07, 6.45) is 7.50. The molecule has 1 N–H and O–H groups in total. The second-order valence-electron chi connectivity index (χ2n) is 6.36. The van der Waals surface area contributed by atoms with Crippen molar-refractivity contribution in [1.29, 1.82) is 0 Å². The quantitative estimate of drug-likeness (QED) is 0.811. The van der Waals surface area contributed by atoms with E-state index >= 15 is 0 Å². The van der Waals surface area contributed by atoms with Gasteiger partial charge in [0.05, 0.1) is 6.54 Å². The Hall–Kier alpha value is -1.10. The van der Waals surface area contributed by atoms with Gasteiger partial charge in [-0.2, -0.15) is 0 Å². The first-order valence-corrected chi connectivity index (χ1v) is 8.04. The van der Waals surface area contributed by atoms with Crippen LogP contribution in [-0.2, 0) is 9.59 Å². The minimum atomic E-state index is 0.143. The van der Waals surface area contributed by atoms with Crippen molar-refractivity contribution in [3.8, 4) is 0 Å². The molecule has 0 radical (unpaired) electrons. The summed E-state index contributed by atoms with van der Waals surface area (Å²) in [5.74, 6) is 0.405. The summed E-state index contributed by atoms with van der Waals surface area (Å²) < 4.78 is 0. The third-order valence-corrected chi connectivity index (χ3v) is 5.00. The zero-order chi connectivity index (χ0) is 13.9. The number of amides is 2. The molecule has 3 aliphatic rings. The molecule has 3 heterocycles. The van der Waals surface area contributed by atoms with Crippen LogP contribution in [0.2, 0.25) is 0 Å². The van der Waals surface area contributed by atoms with Crippen LogP contribution in [0.1, 0.15) is 44.9 Å². The number of hydrogen-bond donors (Lipinski definition) is 1. The lowest BCUT2D eigenvalue weighted by Crippen LogP contribution is -2.46. The first kappa shape index (κ1) is 13.9. The molecule has 3 saturated heterocycles. The maximum Gasteiger partial charge on any atom is 0.236 e. The van der Waals surface area contributed by atoms with Crippen LogP contribution in [-0.4, -0.2) is 59.9 Å². The smallest absolute Gasteiger partial charge is 0.236 e. The van der Waals surface area contributed by atoms with Gasteiger partial charge in [-0.1, -0.05) is 12.8 Å². The maximum atomic E-state index is 12.5. The Balaban J connectivity index is 1.61. The maximum absolute atomic E-state index is 12.5. The van der Waals surface area contributed by atoms with Gasteiger partial charge in [0.25, 0.3) is 0 Å². The standard InChI is InChI=1S/C15H25N3O2/c19-14-9-12-5-6-13(10-16-14)18(12)11-15(20)17-7-3-1-2-4-8-17/h12-13H,1-11H2,(H,16,19)/t12-,13-/m1/s1. The number of fused-ring (bicyclic) bond motifs is 2. The Bertz CT molecular complexity index is 377. The molecule has 2 atom stereocenters. The van der Waals surface area contributed by atoms with Crippen LogP contribution in [0.5, 0.6) is 0 Å². The van der Waals surface area contributed by atoms with E-state index in [1.165, 1.54) is 12.8 Å². The zero-order valence-electron chi connectivity index (χ0n) is 12.1. The van der Waals surface area contributed by atoms with Crippen molar-refractivity contribution in [2.75, 3.05) is 26.2 Å². The van der Waals surface area contributed by atoms with E-state index in [4.69, 9.17) is 0 Å². The van der Waals surface area contributed by atoms with Gasteiger partial charge in [0.15, 0.2) is 0 Å². The molecule has 3 fully saturated rings. The van der Waals surface area contributed by atoms with Crippen LogP contribution in [0.15, 0.2) is 0 Å². The predicted molar refractivity (Wildman–Crippen MR) is 76.2 cm³/mol. The Labute approximate surface area is 120 Å². The summed E-state index contributed by atoms with van der Waals surface area (Å²) in [6, 6.07) is 0.640. The highest BCUT2D eigenvalue weighted by Crippen LogP contribution is 2.28. The van der Waals surface area contributed by atoms with Crippen molar-refractivity contribution in [2.45, 2.75) is 57.0 Å². The van der Waals surface area contributed by atoms with Gasteiger partial charge in [0, 0.05) is 38.1 Å². The van der Waals surface area contributed by atoms with Crippen LogP contribution in [0.25, 0.3) is 0 Å². The Kier molecular flexibility index (Phi) is 4.24. The number of nitrogens with zero attached hydrogens (tertiary/aromatic N) is 2. The molecule has 0 aromatic carbocycles. The van der Waals surface area contributed by atoms with Gasteiger partial charge in [-0.25, -0.2) is 0 Å². The third kappa shape index (κ3) is 2.97. The van der Waals surface area contributed by atoms with Crippen molar-refractivity contribution >= 4 is 11.8 Å². The summed E-state index contributed by atoms with van der Waals surface area (Å²) in [6.45, 7) is 3.05. The van der Waals surface area contributed by atoms with Gasteiger partial charge < -0.3 is 10.2 Å². The molecule has 3 rings (SSSR count). The zero-order valence-corrected chi connectivity index (χ0v) is 12.1. The number of likely N-dealkylation sites (tertiary alicyclic amines) is 1. The molecule has 3 aliphatic heterocycles. The second kappa shape index (κ2) is 6.12. The minimum absolute atomic E-state index is 0.143. The molecule has 0 aliphatic carbocycles. The van der Waals surface area contributed by atoms with Crippen LogP contribution >= 0.6 is 0 Å². The van der Waals surface area contributed by atoms with Crippen molar-refractivity contribution in [2.24, 2.45) is 0 Å². The van der Waals surface area contributed by atoms with Crippen molar-refractivity contribution in [3.05, 3.63) is 0 Å². The first-order valence-electron chi connectivity index (χ1n) is 8.04. The molecule has 5 nitrogen and oxygen atoms in total. The Morgan fingerprint density at radius 1 is 1.10 bits per heavy atom. The van der Waals surface area contributed by atoms with E-state index in [1.807, 2.05) is 4.90 Å². The van der Waals surface area contributed by atoms with Gasteiger partial charge in [-0.3, -0.25) is 14.5 Å². The number of hydrogen-bond acceptors (Lipinski definition) is 3. The largest absolute Gasteiger partial charge is 0.354 e. The van der Waals surface area contributed by atoms with Crippen molar-refractivity contribution in [3.63, 3.8) is 0 Å². The molecule has 0 aromatic heterocycles. The van der Waals surface area contributed by atoms with E-state index in [2.05, 4.69) is 10.2 Å². The molecule has 0 unspecified atom stereocenters. The number of carbonyl (C=O) groups excluding carboxylic acids is 2. The summed E-state index contributed by atoms with van der Waals surface area (Å²) in [7, 11) is 0. The highest BCUT2D eigenvalue weighted by Gasteiger charge is 2.38. The Morgan fingerprint density at radius 3 is 2.55 bits per heavy atom. The molecule has 20 heavy (non-hydrogen) atoms. The monoisotopic (exact) mass is 279 g/mol. The highest BCUT2D eigenvalue weighted by molar-refractivity contribution is 5.79. The predicted octanol–water partition coefficient (Wildman–Crippen LogP) is 0.742. The lowest BCUT2D eigenvalue weighted by atomic mass is 10.1. The third-order valence-electron chi connectivity index (χ3n) is 5.00. The number of nitrogens with one attached hydrogen (secondary N) is 1. The molecule has 2 amide bonds. The lowest BCUT2D eigenvalue weighted by molar-refractivity contribution is -0.133. The van der Waals surface area contributed by atoms with E-state index in [-0.39, 0.29) is 17.9 Å². The molecular formula is C15H25N3O2. The molecule has 0 aromatic rings. The van der Waals surface area contributed by atoms with Gasteiger partial charge in [-0.15, -0.1) is 0 Å².